The van der Waals surface area contributed by atoms with Gasteiger partial charge in [-0.05, 0) is 61.9 Å². The van der Waals surface area contributed by atoms with Crippen molar-refractivity contribution in [2.75, 3.05) is 6.61 Å². The van der Waals surface area contributed by atoms with Gasteiger partial charge in [0.15, 0.2) is 0 Å². The molecule has 1 aromatic heterocycles. The molecule has 1 aliphatic heterocycles. The van der Waals surface area contributed by atoms with Gasteiger partial charge in [-0.2, -0.15) is 0 Å². The first-order chi connectivity index (χ1) is 13.1. The lowest BCUT2D eigenvalue weighted by molar-refractivity contribution is -0.132. The van der Waals surface area contributed by atoms with Crippen molar-refractivity contribution in [3.8, 4) is 11.5 Å². The Morgan fingerprint density at radius 1 is 1.33 bits per heavy atom. The van der Waals surface area contributed by atoms with Gasteiger partial charge in [-0.15, -0.1) is 0 Å². The number of benzene rings is 1. The Hall–Kier alpha value is -2.82. The van der Waals surface area contributed by atoms with Gasteiger partial charge in [0.1, 0.15) is 11.5 Å². The van der Waals surface area contributed by atoms with Crippen LogP contribution in [0.15, 0.2) is 36.2 Å². The summed E-state index contributed by atoms with van der Waals surface area (Å²) in [7, 11) is 0. The van der Waals surface area contributed by atoms with E-state index in [1.54, 1.807) is 18.3 Å². The summed E-state index contributed by atoms with van der Waals surface area (Å²) < 4.78 is 5.58. The summed E-state index contributed by atoms with van der Waals surface area (Å²) in [5.74, 6) is -0.0481. The quantitative estimate of drug-likeness (QED) is 0.537. The highest BCUT2D eigenvalue weighted by molar-refractivity contribution is 5.92. The van der Waals surface area contributed by atoms with Crippen molar-refractivity contribution in [1.29, 1.82) is 0 Å². The van der Waals surface area contributed by atoms with E-state index in [2.05, 4.69) is 11.1 Å². The van der Waals surface area contributed by atoms with E-state index in [0.717, 1.165) is 49.0 Å². The van der Waals surface area contributed by atoms with E-state index in [9.17, 15) is 15.0 Å². The molecule has 142 valence electrons. The van der Waals surface area contributed by atoms with Gasteiger partial charge in [0, 0.05) is 35.5 Å². The SMILES string of the molecule is Cc1c(O)c(/C=C(\CCCCCc2cccnc2)C(=O)O)cc2c1CCO2. The van der Waals surface area contributed by atoms with E-state index in [0.29, 0.717) is 24.2 Å². The molecule has 2 aromatic rings. The molecule has 0 spiro atoms. The normalized spacial score (nSPS) is 13.3. The highest BCUT2D eigenvalue weighted by Crippen LogP contribution is 2.37. The number of aromatic hydroxyl groups is 1. The second-order valence-corrected chi connectivity index (χ2v) is 6.91. The molecule has 27 heavy (non-hydrogen) atoms. The smallest absolute Gasteiger partial charge is 0.331 e. The van der Waals surface area contributed by atoms with Crippen LogP contribution in [-0.2, 0) is 17.6 Å². The highest BCUT2D eigenvalue weighted by Gasteiger charge is 2.20. The van der Waals surface area contributed by atoms with Crippen LogP contribution in [-0.4, -0.2) is 27.8 Å². The molecule has 0 unspecified atom stereocenters. The van der Waals surface area contributed by atoms with Gasteiger partial charge in [0.2, 0.25) is 0 Å². The van der Waals surface area contributed by atoms with Gasteiger partial charge >= 0.3 is 5.97 Å². The van der Waals surface area contributed by atoms with E-state index >= 15 is 0 Å². The van der Waals surface area contributed by atoms with Crippen LogP contribution >= 0.6 is 0 Å². The van der Waals surface area contributed by atoms with Crippen LogP contribution in [0.4, 0.5) is 0 Å². The van der Waals surface area contributed by atoms with Crippen LogP contribution in [0.1, 0.15) is 47.9 Å². The largest absolute Gasteiger partial charge is 0.507 e. The minimum absolute atomic E-state index is 0.148. The van der Waals surface area contributed by atoms with Gasteiger partial charge in [-0.1, -0.05) is 12.5 Å². The van der Waals surface area contributed by atoms with Crippen molar-refractivity contribution >= 4 is 12.0 Å². The molecular formula is C22H25NO4. The number of unbranched alkanes of at least 4 members (excludes halogenated alkanes) is 2. The standard InChI is InChI=1S/C22H25NO4/c1-15-19-9-11-27-20(19)13-18(21(15)24)12-17(22(25)26)8-4-2-3-6-16-7-5-10-23-14-16/h5,7,10,12-14,24H,2-4,6,8-9,11H2,1H3,(H,25,26)/b17-12+. The number of carbonyl (C=O) groups is 1. The predicted octanol–water partition coefficient (Wildman–Crippen LogP) is 4.30. The number of phenolic OH excluding ortho intramolecular Hbond substituents is 1. The molecule has 5 heteroatoms. The van der Waals surface area contributed by atoms with E-state index in [4.69, 9.17) is 4.74 Å². The van der Waals surface area contributed by atoms with Gasteiger partial charge in [0.25, 0.3) is 0 Å². The fourth-order valence-electron chi connectivity index (χ4n) is 3.45. The van der Waals surface area contributed by atoms with Gasteiger partial charge < -0.3 is 14.9 Å². The van der Waals surface area contributed by atoms with Crippen LogP contribution in [0.2, 0.25) is 0 Å². The van der Waals surface area contributed by atoms with Crippen molar-refractivity contribution < 1.29 is 19.7 Å². The van der Waals surface area contributed by atoms with Crippen molar-refractivity contribution in [3.05, 3.63) is 58.4 Å². The van der Waals surface area contributed by atoms with Crippen LogP contribution in [0, 0.1) is 6.92 Å². The van der Waals surface area contributed by atoms with Crippen LogP contribution < -0.4 is 4.74 Å². The third-order valence-electron chi connectivity index (χ3n) is 5.01. The summed E-state index contributed by atoms with van der Waals surface area (Å²) >= 11 is 0. The molecule has 1 aliphatic rings. The van der Waals surface area contributed by atoms with Crippen LogP contribution in [0.3, 0.4) is 0 Å². The lowest BCUT2D eigenvalue weighted by Gasteiger charge is -2.10. The fourth-order valence-corrected chi connectivity index (χ4v) is 3.45. The third kappa shape index (κ3) is 4.67. The van der Waals surface area contributed by atoms with E-state index in [-0.39, 0.29) is 5.75 Å². The maximum Gasteiger partial charge on any atom is 0.331 e. The number of hydrogen-bond donors (Lipinski definition) is 2. The first-order valence-corrected chi connectivity index (χ1v) is 9.37. The summed E-state index contributed by atoms with van der Waals surface area (Å²) in [5.41, 5.74) is 3.81. The average molecular weight is 367 g/mol. The van der Waals surface area contributed by atoms with Crippen LogP contribution in [0.5, 0.6) is 11.5 Å². The average Bonchev–Trinajstić information content (AvgIpc) is 3.13. The topological polar surface area (TPSA) is 79.7 Å². The molecule has 3 rings (SSSR count). The Morgan fingerprint density at radius 3 is 2.93 bits per heavy atom. The molecule has 0 bridgehead atoms. The third-order valence-corrected chi connectivity index (χ3v) is 5.01. The summed E-state index contributed by atoms with van der Waals surface area (Å²) in [6.45, 7) is 2.45. The number of hydrogen-bond acceptors (Lipinski definition) is 4. The molecule has 0 atom stereocenters. The molecule has 0 fully saturated rings. The molecule has 0 saturated heterocycles. The fraction of sp³-hybridized carbons (Fsp3) is 0.364. The monoisotopic (exact) mass is 367 g/mol. The second-order valence-electron chi connectivity index (χ2n) is 6.91. The van der Waals surface area contributed by atoms with Gasteiger partial charge in [-0.25, -0.2) is 4.79 Å². The zero-order valence-corrected chi connectivity index (χ0v) is 15.6. The number of ether oxygens (including phenoxy) is 1. The molecule has 0 amide bonds. The van der Waals surface area contributed by atoms with Crippen molar-refractivity contribution in [3.63, 3.8) is 0 Å². The summed E-state index contributed by atoms with van der Waals surface area (Å²) in [5, 5.41) is 20.0. The number of phenols is 1. The molecule has 2 heterocycles. The Morgan fingerprint density at radius 2 is 2.19 bits per heavy atom. The van der Waals surface area contributed by atoms with Gasteiger partial charge in [-0.3, -0.25) is 4.98 Å². The minimum Gasteiger partial charge on any atom is -0.507 e. The Kier molecular flexibility index (Phi) is 6.12. The molecule has 0 radical (unpaired) electrons. The lowest BCUT2D eigenvalue weighted by Crippen LogP contribution is -2.01. The highest BCUT2D eigenvalue weighted by atomic mass is 16.5. The van der Waals surface area contributed by atoms with E-state index in [1.807, 2.05) is 19.2 Å². The molecule has 5 nitrogen and oxygen atoms in total. The zero-order chi connectivity index (χ0) is 19.2. The van der Waals surface area contributed by atoms with Crippen molar-refractivity contribution in [1.82, 2.24) is 4.98 Å². The Bertz CT molecular complexity index is 843. The summed E-state index contributed by atoms with van der Waals surface area (Å²) in [6.07, 6.45) is 10.1. The number of nitrogens with zero attached hydrogens (tertiary/aromatic N) is 1. The molecule has 1 aromatic carbocycles. The minimum atomic E-state index is -0.944. The Labute approximate surface area is 159 Å². The second kappa shape index (κ2) is 8.71. The van der Waals surface area contributed by atoms with Crippen LogP contribution in [0.25, 0.3) is 6.08 Å². The number of aliphatic carboxylic acids is 1. The summed E-state index contributed by atoms with van der Waals surface area (Å²) in [6, 6.07) is 5.72. The summed E-state index contributed by atoms with van der Waals surface area (Å²) in [4.78, 5) is 15.7. The number of aromatic nitrogens is 1. The molecular weight excluding hydrogens is 342 g/mol. The number of aryl methyl sites for hydroxylation is 1. The number of pyridine rings is 1. The molecule has 2 N–H and O–H groups in total. The van der Waals surface area contributed by atoms with Gasteiger partial charge in [0.05, 0.1) is 6.61 Å². The first kappa shape index (κ1) is 19.0. The molecule has 0 aliphatic carbocycles. The predicted molar refractivity (Wildman–Crippen MR) is 104 cm³/mol. The Balaban J connectivity index is 1.62. The number of fused-ring (bicyclic) bond motifs is 1. The van der Waals surface area contributed by atoms with Crippen molar-refractivity contribution in [2.24, 2.45) is 0 Å². The number of carboxylic acids is 1. The number of rotatable bonds is 8. The van der Waals surface area contributed by atoms with E-state index in [1.165, 1.54) is 5.56 Å². The van der Waals surface area contributed by atoms with E-state index < -0.39 is 5.97 Å². The molecule has 0 saturated carbocycles. The zero-order valence-electron chi connectivity index (χ0n) is 15.6. The number of carboxylic acid groups (broad SMARTS) is 1. The maximum absolute atomic E-state index is 11.6. The maximum atomic E-state index is 11.6. The first-order valence-electron chi connectivity index (χ1n) is 9.37. The van der Waals surface area contributed by atoms with Crippen molar-refractivity contribution in [2.45, 2.75) is 45.4 Å². The lowest BCUT2D eigenvalue weighted by atomic mass is 9.98.